The van der Waals surface area contributed by atoms with Crippen LogP contribution in [0.4, 0.5) is 4.39 Å². The minimum absolute atomic E-state index is 0.0799. The number of aliphatic hydroxyl groups excluding tert-OH is 1. The summed E-state index contributed by atoms with van der Waals surface area (Å²) in [6.45, 7) is -0.476. The van der Waals surface area contributed by atoms with Gasteiger partial charge in [0, 0.05) is 18.7 Å². The Kier molecular flexibility index (Phi) is 3.33. The van der Waals surface area contributed by atoms with Crippen molar-refractivity contribution in [2.75, 3.05) is 13.3 Å². The molecular formula is C11H15FN2O5. The van der Waals surface area contributed by atoms with Crippen LogP contribution in [-0.4, -0.2) is 44.2 Å². The number of alkyl halides is 1. The zero-order valence-corrected chi connectivity index (χ0v) is 10.3. The Morgan fingerprint density at radius 2 is 2.32 bits per heavy atom. The molecule has 1 aromatic heterocycles. The van der Waals surface area contributed by atoms with Gasteiger partial charge in [-0.2, -0.15) is 0 Å². The number of hydrogen-bond donors (Lipinski definition) is 3. The molecule has 3 atom stereocenters. The zero-order valence-electron chi connectivity index (χ0n) is 10.3. The Hall–Kier alpha value is -1.51. The number of nitrogens with zero attached hydrogens (tertiary/aromatic N) is 1. The van der Waals surface area contributed by atoms with Crippen molar-refractivity contribution >= 4 is 0 Å². The van der Waals surface area contributed by atoms with Gasteiger partial charge in [-0.3, -0.25) is 14.3 Å². The average molecular weight is 274 g/mol. The van der Waals surface area contributed by atoms with Crippen LogP contribution in [0.2, 0.25) is 0 Å². The summed E-state index contributed by atoms with van der Waals surface area (Å²) in [5, 5.41) is 19.4. The van der Waals surface area contributed by atoms with E-state index in [1.54, 1.807) is 0 Å². The summed E-state index contributed by atoms with van der Waals surface area (Å²) in [7, 11) is 0. The number of rotatable bonds is 3. The van der Waals surface area contributed by atoms with Gasteiger partial charge < -0.3 is 14.9 Å². The van der Waals surface area contributed by atoms with E-state index in [-0.39, 0.29) is 6.42 Å². The van der Waals surface area contributed by atoms with Crippen molar-refractivity contribution in [3.05, 3.63) is 33.1 Å². The monoisotopic (exact) mass is 274 g/mol. The molecule has 2 rings (SSSR count). The molecule has 1 saturated heterocycles. The van der Waals surface area contributed by atoms with Crippen molar-refractivity contribution in [3.63, 3.8) is 0 Å². The lowest BCUT2D eigenvalue weighted by Crippen LogP contribution is -2.53. The van der Waals surface area contributed by atoms with E-state index < -0.39 is 42.0 Å². The highest BCUT2D eigenvalue weighted by Gasteiger charge is 2.57. The Morgan fingerprint density at radius 3 is 2.79 bits per heavy atom. The first-order valence-corrected chi connectivity index (χ1v) is 5.74. The predicted octanol–water partition coefficient (Wildman–Crippen LogP) is -1.09. The Balaban J connectivity index is 2.40. The van der Waals surface area contributed by atoms with Gasteiger partial charge in [0.05, 0.1) is 6.61 Å². The SMILES string of the molecule is C[C@@]1(O)C[C@H](n2ccc(=O)[nH]c2=O)O[C@@]1(CO)CF. The van der Waals surface area contributed by atoms with Gasteiger partial charge in [0.15, 0.2) is 5.60 Å². The number of ether oxygens (including phenoxy) is 1. The highest BCUT2D eigenvalue weighted by molar-refractivity contribution is 5.05. The Bertz CT molecular complexity index is 575. The third-order valence-corrected chi connectivity index (χ3v) is 3.55. The minimum Gasteiger partial charge on any atom is -0.393 e. The highest BCUT2D eigenvalue weighted by Crippen LogP contribution is 2.43. The molecule has 0 radical (unpaired) electrons. The molecule has 2 heterocycles. The lowest BCUT2D eigenvalue weighted by molar-refractivity contribution is -0.167. The maximum Gasteiger partial charge on any atom is 0.330 e. The maximum atomic E-state index is 13.1. The number of hydrogen-bond acceptors (Lipinski definition) is 5. The van der Waals surface area contributed by atoms with E-state index in [0.717, 1.165) is 10.6 Å². The second-order valence-electron chi connectivity index (χ2n) is 4.85. The van der Waals surface area contributed by atoms with E-state index in [1.807, 2.05) is 4.98 Å². The summed E-state index contributed by atoms with van der Waals surface area (Å²) in [6.07, 6.45) is 0.166. The van der Waals surface area contributed by atoms with Crippen LogP contribution in [0.3, 0.4) is 0 Å². The summed E-state index contributed by atoms with van der Waals surface area (Å²) < 4.78 is 19.5. The molecule has 0 saturated carbocycles. The summed E-state index contributed by atoms with van der Waals surface area (Å²) in [4.78, 5) is 24.6. The summed E-state index contributed by atoms with van der Waals surface area (Å²) in [6, 6.07) is 1.12. The van der Waals surface area contributed by atoms with Gasteiger partial charge in [0.1, 0.15) is 18.5 Å². The van der Waals surface area contributed by atoms with Crippen LogP contribution in [0.1, 0.15) is 19.6 Å². The van der Waals surface area contributed by atoms with Crippen LogP contribution in [0.15, 0.2) is 21.9 Å². The lowest BCUT2D eigenvalue weighted by atomic mass is 9.85. The third-order valence-electron chi connectivity index (χ3n) is 3.55. The van der Waals surface area contributed by atoms with E-state index in [4.69, 9.17) is 4.74 Å². The van der Waals surface area contributed by atoms with Crippen LogP contribution in [-0.2, 0) is 4.74 Å². The second-order valence-corrected chi connectivity index (χ2v) is 4.85. The molecule has 3 N–H and O–H groups in total. The lowest BCUT2D eigenvalue weighted by Gasteiger charge is -2.34. The molecule has 1 aromatic rings. The molecule has 1 aliphatic rings. The molecule has 19 heavy (non-hydrogen) atoms. The quantitative estimate of drug-likeness (QED) is 0.649. The first kappa shape index (κ1) is 13.9. The molecule has 0 bridgehead atoms. The van der Waals surface area contributed by atoms with Crippen LogP contribution < -0.4 is 11.2 Å². The van der Waals surface area contributed by atoms with E-state index in [9.17, 15) is 24.2 Å². The van der Waals surface area contributed by atoms with Crippen molar-refractivity contribution in [1.29, 1.82) is 0 Å². The molecule has 8 heteroatoms. The summed E-state index contributed by atoms with van der Waals surface area (Å²) >= 11 is 0. The molecule has 0 aliphatic carbocycles. The van der Waals surface area contributed by atoms with Gasteiger partial charge in [0.2, 0.25) is 0 Å². The topological polar surface area (TPSA) is 105 Å². The molecule has 0 aromatic carbocycles. The van der Waals surface area contributed by atoms with Crippen LogP contribution in [0.25, 0.3) is 0 Å². The summed E-state index contributed by atoms with van der Waals surface area (Å²) in [5.41, 5.74) is -4.69. The standard InChI is InChI=1S/C11H15FN2O5/c1-10(18)4-8(19-11(10,5-12)6-15)14-3-2-7(16)13-9(14)17/h2-3,8,15,18H,4-6H2,1H3,(H,13,16,17)/t8-,10-,11-/m1/s1. The number of aromatic amines is 1. The third kappa shape index (κ3) is 2.11. The van der Waals surface area contributed by atoms with Gasteiger partial charge in [-0.25, -0.2) is 9.18 Å². The number of nitrogens with one attached hydrogen (secondary N) is 1. The number of aliphatic hydroxyl groups is 2. The molecule has 0 spiro atoms. The van der Waals surface area contributed by atoms with E-state index >= 15 is 0 Å². The number of H-pyrrole nitrogens is 1. The number of halogens is 1. The van der Waals surface area contributed by atoms with Crippen LogP contribution in [0.5, 0.6) is 0 Å². The normalized spacial score (nSPS) is 34.6. The molecule has 0 amide bonds. The number of aromatic nitrogens is 2. The van der Waals surface area contributed by atoms with Crippen molar-refractivity contribution in [2.24, 2.45) is 0 Å². The van der Waals surface area contributed by atoms with Crippen molar-refractivity contribution in [3.8, 4) is 0 Å². The fourth-order valence-corrected chi connectivity index (χ4v) is 2.19. The molecule has 1 fully saturated rings. The molecule has 106 valence electrons. The van der Waals surface area contributed by atoms with Crippen LogP contribution >= 0.6 is 0 Å². The predicted molar refractivity (Wildman–Crippen MR) is 62.5 cm³/mol. The van der Waals surface area contributed by atoms with Crippen molar-refractivity contribution in [1.82, 2.24) is 9.55 Å². The van der Waals surface area contributed by atoms with Gasteiger partial charge >= 0.3 is 5.69 Å². The van der Waals surface area contributed by atoms with Gasteiger partial charge in [-0.15, -0.1) is 0 Å². The highest BCUT2D eigenvalue weighted by atomic mass is 19.1. The minimum atomic E-state index is -1.77. The Morgan fingerprint density at radius 1 is 1.63 bits per heavy atom. The van der Waals surface area contributed by atoms with Crippen LogP contribution in [0, 0.1) is 0 Å². The molecular weight excluding hydrogens is 259 g/mol. The zero-order chi connectivity index (χ0) is 14.3. The fraction of sp³-hybridized carbons (Fsp3) is 0.636. The van der Waals surface area contributed by atoms with E-state index in [1.165, 1.54) is 13.1 Å². The Labute approximate surface area is 107 Å². The van der Waals surface area contributed by atoms with E-state index in [2.05, 4.69) is 0 Å². The van der Waals surface area contributed by atoms with Crippen molar-refractivity contribution < 1.29 is 19.3 Å². The van der Waals surface area contributed by atoms with Gasteiger partial charge in [-0.1, -0.05) is 0 Å². The van der Waals surface area contributed by atoms with Gasteiger partial charge in [0.25, 0.3) is 5.56 Å². The van der Waals surface area contributed by atoms with E-state index in [0.29, 0.717) is 0 Å². The van der Waals surface area contributed by atoms with Gasteiger partial charge in [-0.05, 0) is 6.92 Å². The molecule has 0 unspecified atom stereocenters. The average Bonchev–Trinajstić information content (AvgIpc) is 2.60. The maximum absolute atomic E-state index is 13.1. The largest absolute Gasteiger partial charge is 0.393 e. The fourth-order valence-electron chi connectivity index (χ4n) is 2.19. The van der Waals surface area contributed by atoms with Crippen molar-refractivity contribution in [2.45, 2.75) is 30.8 Å². The smallest absolute Gasteiger partial charge is 0.330 e. The second kappa shape index (κ2) is 4.55. The molecule has 7 nitrogen and oxygen atoms in total. The molecule has 1 aliphatic heterocycles. The first-order chi connectivity index (χ1) is 8.85. The summed E-state index contributed by atoms with van der Waals surface area (Å²) in [5.74, 6) is 0. The first-order valence-electron chi connectivity index (χ1n) is 5.74.